The molecule has 1 aromatic rings. The Kier molecular flexibility index (Phi) is 6.28. The lowest BCUT2D eigenvalue weighted by atomic mass is 10.2. The lowest BCUT2D eigenvalue weighted by Crippen LogP contribution is -2.14. The predicted molar refractivity (Wildman–Crippen MR) is 73.8 cm³/mol. The van der Waals surface area contributed by atoms with Gasteiger partial charge in [-0.1, -0.05) is 25.1 Å². The zero-order valence-electron chi connectivity index (χ0n) is 10.3. The van der Waals surface area contributed by atoms with Crippen molar-refractivity contribution in [2.75, 3.05) is 16.8 Å². The second-order valence-corrected chi connectivity index (χ2v) is 5.13. The first-order valence-corrected chi connectivity index (χ1v) is 6.90. The topological polar surface area (TPSA) is 66.4 Å². The van der Waals surface area contributed by atoms with Gasteiger partial charge in [-0.2, -0.15) is 11.8 Å². The Labute approximate surface area is 111 Å². The van der Waals surface area contributed by atoms with Gasteiger partial charge in [0.25, 0.3) is 0 Å². The van der Waals surface area contributed by atoms with Crippen LogP contribution < -0.4 is 5.32 Å². The summed E-state index contributed by atoms with van der Waals surface area (Å²) in [5.74, 6) is -0.0374. The molecule has 0 aliphatic carbocycles. The molecule has 0 bridgehead atoms. The molecule has 0 aromatic heterocycles. The Balaban J connectivity index is 2.16. The average molecular weight is 267 g/mol. The molecule has 0 aliphatic rings. The minimum absolute atomic E-state index is 0.0447. The Morgan fingerprint density at radius 3 is 2.61 bits per heavy atom. The van der Waals surface area contributed by atoms with E-state index in [1.807, 2.05) is 30.3 Å². The number of carboxylic acids is 1. The third-order valence-corrected chi connectivity index (χ3v) is 3.55. The maximum atomic E-state index is 11.6. The van der Waals surface area contributed by atoms with E-state index in [0.29, 0.717) is 17.9 Å². The third-order valence-electron chi connectivity index (χ3n) is 2.32. The molecule has 0 spiro atoms. The van der Waals surface area contributed by atoms with Gasteiger partial charge in [0.1, 0.15) is 0 Å². The number of rotatable bonds is 7. The van der Waals surface area contributed by atoms with Crippen molar-refractivity contribution in [3.63, 3.8) is 0 Å². The van der Waals surface area contributed by atoms with E-state index in [9.17, 15) is 9.59 Å². The minimum atomic E-state index is -0.795. The summed E-state index contributed by atoms with van der Waals surface area (Å²) in [7, 11) is 0. The first kappa shape index (κ1) is 14.6. The van der Waals surface area contributed by atoms with Gasteiger partial charge in [-0.25, -0.2) is 0 Å². The van der Waals surface area contributed by atoms with Gasteiger partial charge < -0.3 is 10.4 Å². The van der Waals surface area contributed by atoms with Crippen molar-refractivity contribution in [1.29, 1.82) is 0 Å². The van der Waals surface area contributed by atoms with Gasteiger partial charge in [-0.05, 0) is 12.1 Å². The molecule has 0 saturated carbocycles. The van der Waals surface area contributed by atoms with Crippen LogP contribution in [0.3, 0.4) is 0 Å². The average Bonchev–Trinajstić information content (AvgIpc) is 2.35. The molecule has 0 aliphatic heterocycles. The number of amides is 1. The van der Waals surface area contributed by atoms with Crippen LogP contribution in [0.15, 0.2) is 30.3 Å². The number of carbonyl (C=O) groups is 2. The van der Waals surface area contributed by atoms with Crippen molar-refractivity contribution in [2.24, 2.45) is 5.92 Å². The second-order valence-electron chi connectivity index (χ2n) is 3.98. The van der Waals surface area contributed by atoms with Gasteiger partial charge in [0.2, 0.25) is 5.91 Å². The molecule has 0 saturated heterocycles. The summed E-state index contributed by atoms with van der Waals surface area (Å²) in [6.45, 7) is 1.67. The lowest BCUT2D eigenvalue weighted by molar-refractivity contribution is -0.140. The van der Waals surface area contributed by atoms with E-state index in [1.54, 1.807) is 6.92 Å². The first-order valence-electron chi connectivity index (χ1n) is 5.75. The monoisotopic (exact) mass is 267 g/mol. The maximum absolute atomic E-state index is 11.6. The summed E-state index contributed by atoms with van der Waals surface area (Å²) in [4.78, 5) is 22.1. The Hall–Kier alpha value is -1.49. The van der Waals surface area contributed by atoms with E-state index >= 15 is 0 Å². The molecule has 5 heteroatoms. The van der Waals surface area contributed by atoms with Crippen molar-refractivity contribution >= 4 is 29.3 Å². The summed E-state index contributed by atoms with van der Waals surface area (Å²) < 4.78 is 0. The highest BCUT2D eigenvalue weighted by atomic mass is 32.2. The summed E-state index contributed by atoms with van der Waals surface area (Å²) in [5.41, 5.74) is 0.784. The van der Waals surface area contributed by atoms with Gasteiger partial charge >= 0.3 is 5.97 Å². The van der Waals surface area contributed by atoms with Gasteiger partial charge in [-0.3, -0.25) is 9.59 Å². The number of benzene rings is 1. The van der Waals surface area contributed by atoms with Gasteiger partial charge in [0, 0.05) is 23.6 Å². The Morgan fingerprint density at radius 1 is 1.33 bits per heavy atom. The number of hydrogen-bond acceptors (Lipinski definition) is 3. The van der Waals surface area contributed by atoms with E-state index in [4.69, 9.17) is 5.11 Å². The van der Waals surface area contributed by atoms with Crippen LogP contribution >= 0.6 is 11.8 Å². The molecule has 0 fully saturated rings. The van der Waals surface area contributed by atoms with E-state index in [0.717, 1.165) is 5.69 Å². The highest BCUT2D eigenvalue weighted by Gasteiger charge is 2.10. The van der Waals surface area contributed by atoms with Crippen LogP contribution in [-0.2, 0) is 9.59 Å². The number of carboxylic acid groups (broad SMARTS) is 1. The normalized spacial score (nSPS) is 11.8. The number of anilines is 1. The van der Waals surface area contributed by atoms with Crippen LogP contribution in [-0.4, -0.2) is 28.5 Å². The van der Waals surface area contributed by atoms with Crippen LogP contribution in [0.25, 0.3) is 0 Å². The van der Waals surface area contributed by atoms with E-state index in [2.05, 4.69) is 5.32 Å². The summed E-state index contributed by atoms with van der Waals surface area (Å²) >= 11 is 1.49. The lowest BCUT2D eigenvalue weighted by Gasteiger charge is -2.06. The SMILES string of the molecule is CC(CSCCC(=O)Nc1ccccc1)C(=O)O. The van der Waals surface area contributed by atoms with E-state index < -0.39 is 5.97 Å². The molecule has 2 N–H and O–H groups in total. The third kappa shape index (κ3) is 5.72. The van der Waals surface area contributed by atoms with Crippen LogP contribution in [0.4, 0.5) is 5.69 Å². The fraction of sp³-hybridized carbons (Fsp3) is 0.385. The van der Waals surface area contributed by atoms with Crippen LogP contribution in [0.1, 0.15) is 13.3 Å². The summed E-state index contributed by atoms with van der Waals surface area (Å²) in [6.07, 6.45) is 0.395. The van der Waals surface area contributed by atoms with Crippen molar-refractivity contribution in [2.45, 2.75) is 13.3 Å². The van der Waals surface area contributed by atoms with Crippen LogP contribution in [0.2, 0.25) is 0 Å². The van der Waals surface area contributed by atoms with Gasteiger partial charge in [0.05, 0.1) is 5.92 Å². The Morgan fingerprint density at radius 2 is 2.00 bits per heavy atom. The standard InChI is InChI=1S/C13H17NO3S/c1-10(13(16)17)9-18-8-7-12(15)14-11-5-3-2-4-6-11/h2-6,10H,7-9H2,1H3,(H,14,15)(H,16,17). The van der Waals surface area contributed by atoms with E-state index in [-0.39, 0.29) is 11.8 Å². The highest BCUT2D eigenvalue weighted by molar-refractivity contribution is 7.99. The number of aliphatic carboxylic acids is 1. The van der Waals surface area contributed by atoms with Crippen molar-refractivity contribution < 1.29 is 14.7 Å². The number of hydrogen-bond donors (Lipinski definition) is 2. The molecule has 4 nitrogen and oxygen atoms in total. The molecular weight excluding hydrogens is 250 g/mol. The van der Waals surface area contributed by atoms with Gasteiger partial charge in [-0.15, -0.1) is 0 Å². The molecular formula is C13H17NO3S. The molecule has 0 radical (unpaired) electrons. The summed E-state index contributed by atoms with van der Waals surface area (Å²) in [5, 5.41) is 11.5. The van der Waals surface area contributed by atoms with Crippen molar-refractivity contribution in [3.8, 4) is 0 Å². The van der Waals surface area contributed by atoms with Gasteiger partial charge in [0.15, 0.2) is 0 Å². The van der Waals surface area contributed by atoms with Crippen molar-refractivity contribution in [1.82, 2.24) is 0 Å². The summed E-state index contributed by atoms with van der Waals surface area (Å²) in [6, 6.07) is 9.27. The molecule has 1 unspecified atom stereocenters. The molecule has 18 heavy (non-hydrogen) atoms. The minimum Gasteiger partial charge on any atom is -0.481 e. The quantitative estimate of drug-likeness (QED) is 0.745. The number of nitrogens with one attached hydrogen (secondary N) is 1. The second kappa shape index (κ2) is 7.76. The Bertz CT molecular complexity index is 394. The maximum Gasteiger partial charge on any atom is 0.307 e. The van der Waals surface area contributed by atoms with Crippen LogP contribution in [0, 0.1) is 5.92 Å². The molecule has 1 rings (SSSR count). The number of thioether (sulfide) groups is 1. The molecule has 0 heterocycles. The number of para-hydroxylation sites is 1. The highest BCUT2D eigenvalue weighted by Crippen LogP contribution is 2.11. The zero-order chi connectivity index (χ0) is 13.4. The molecule has 1 atom stereocenters. The fourth-order valence-corrected chi connectivity index (χ4v) is 2.23. The zero-order valence-corrected chi connectivity index (χ0v) is 11.1. The fourth-order valence-electron chi connectivity index (χ4n) is 1.24. The molecule has 1 amide bonds. The van der Waals surface area contributed by atoms with Crippen LogP contribution in [0.5, 0.6) is 0 Å². The number of carbonyl (C=O) groups excluding carboxylic acids is 1. The smallest absolute Gasteiger partial charge is 0.307 e. The predicted octanol–water partition coefficient (Wildman–Crippen LogP) is 2.47. The largest absolute Gasteiger partial charge is 0.481 e. The molecule has 1 aromatic carbocycles. The van der Waals surface area contributed by atoms with E-state index in [1.165, 1.54) is 11.8 Å². The first-order chi connectivity index (χ1) is 8.59. The van der Waals surface area contributed by atoms with Crippen molar-refractivity contribution in [3.05, 3.63) is 30.3 Å². The molecule has 98 valence electrons.